The second-order valence-electron chi connectivity index (χ2n) is 3.55. The van der Waals surface area contributed by atoms with E-state index < -0.39 is 10.0 Å². The first kappa shape index (κ1) is 14.8. The Kier molecular flexibility index (Phi) is 4.59. The van der Waals surface area contributed by atoms with Gasteiger partial charge >= 0.3 is 0 Å². The largest absolute Gasteiger partial charge is 0.263 e. The van der Waals surface area contributed by atoms with Gasteiger partial charge in [-0.05, 0) is 30.0 Å². The molecule has 0 radical (unpaired) electrons. The molecule has 0 spiro atoms. The third kappa shape index (κ3) is 3.47. The third-order valence-corrected chi connectivity index (χ3v) is 5.53. The van der Waals surface area contributed by atoms with E-state index in [1.165, 1.54) is 47.4 Å². The van der Waals surface area contributed by atoms with Gasteiger partial charge in [0.2, 0.25) is 5.13 Å². The van der Waals surface area contributed by atoms with E-state index in [1.807, 2.05) is 13.0 Å². The van der Waals surface area contributed by atoms with E-state index >= 15 is 0 Å². The van der Waals surface area contributed by atoms with Crippen LogP contribution in [0, 0.1) is 11.3 Å². The summed E-state index contributed by atoms with van der Waals surface area (Å²) in [5, 5.41) is 16.6. The van der Waals surface area contributed by atoms with E-state index in [2.05, 4.69) is 14.9 Å². The van der Waals surface area contributed by atoms with Gasteiger partial charge in [-0.25, -0.2) is 8.42 Å². The van der Waals surface area contributed by atoms with Gasteiger partial charge in [0, 0.05) is 0 Å². The molecule has 0 saturated heterocycles. The van der Waals surface area contributed by atoms with Crippen LogP contribution in [-0.2, 0) is 10.0 Å². The number of rotatable bonds is 5. The number of nitriles is 1. The van der Waals surface area contributed by atoms with Crippen molar-refractivity contribution in [2.24, 2.45) is 0 Å². The highest BCUT2D eigenvalue weighted by Crippen LogP contribution is 2.26. The van der Waals surface area contributed by atoms with Crippen LogP contribution in [0.25, 0.3) is 0 Å². The molecular formula is C11H10N4O2S3. The Morgan fingerprint density at radius 2 is 2.05 bits per heavy atom. The number of sulfonamides is 1. The quantitative estimate of drug-likeness (QED) is 0.847. The zero-order valence-corrected chi connectivity index (χ0v) is 12.8. The number of aromatic nitrogens is 2. The molecule has 20 heavy (non-hydrogen) atoms. The molecule has 0 fully saturated rings. The lowest BCUT2D eigenvalue weighted by atomic mass is 10.2. The molecule has 0 aliphatic heterocycles. The predicted molar refractivity (Wildman–Crippen MR) is 78.3 cm³/mol. The van der Waals surface area contributed by atoms with E-state index in [0.717, 1.165) is 5.75 Å². The number of hydrogen-bond acceptors (Lipinski definition) is 7. The Bertz CT molecular complexity index is 732. The fraction of sp³-hybridized carbons (Fsp3) is 0.182. The summed E-state index contributed by atoms with van der Waals surface area (Å²) in [5.74, 6) is 0.844. The summed E-state index contributed by atoms with van der Waals surface area (Å²) in [4.78, 5) is 0.0800. The Morgan fingerprint density at radius 1 is 1.35 bits per heavy atom. The Hall–Kier alpha value is -1.63. The number of nitrogens with zero attached hydrogens (tertiary/aromatic N) is 3. The molecule has 1 aromatic carbocycles. The summed E-state index contributed by atoms with van der Waals surface area (Å²) in [6, 6.07) is 7.59. The summed E-state index contributed by atoms with van der Waals surface area (Å²) in [5.41, 5.74) is 0.404. The summed E-state index contributed by atoms with van der Waals surface area (Å²) in [6.07, 6.45) is 0. The molecule has 1 heterocycles. The highest BCUT2D eigenvalue weighted by Gasteiger charge is 2.16. The number of nitrogens with one attached hydrogen (secondary N) is 1. The van der Waals surface area contributed by atoms with Crippen molar-refractivity contribution in [3.63, 3.8) is 0 Å². The van der Waals surface area contributed by atoms with Crippen LogP contribution in [0.3, 0.4) is 0 Å². The van der Waals surface area contributed by atoms with Crippen molar-refractivity contribution in [2.75, 3.05) is 10.5 Å². The molecule has 1 N–H and O–H groups in total. The number of benzene rings is 1. The molecule has 0 atom stereocenters. The number of hydrogen-bond donors (Lipinski definition) is 1. The highest BCUT2D eigenvalue weighted by atomic mass is 32.2. The Labute approximate surface area is 124 Å². The molecule has 0 aliphatic rings. The van der Waals surface area contributed by atoms with Crippen molar-refractivity contribution in [3.05, 3.63) is 29.8 Å². The van der Waals surface area contributed by atoms with Gasteiger partial charge in [-0.15, -0.1) is 10.2 Å². The van der Waals surface area contributed by atoms with Gasteiger partial charge in [0.1, 0.15) is 0 Å². The predicted octanol–water partition coefficient (Wildman–Crippen LogP) is 2.32. The highest BCUT2D eigenvalue weighted by molar-refractivity contribution is 8.01. The normalized spacial score (nSPS) is 11.0. The monoisotopic (exact) mass is 326 g/mol. The number of anilines is 1. The van der Waals surface area contributed by atoms with E-state index in [1.54, 1.807) is 0 Å². The molecule has 0 unspecified atom stereocenters. The molecule has 104 valence electrons. The smallest absolute Gasteiger partial charge is 0.253 e. The Balaban J connectivity index is 2.19. The zero-order valence-electron chi connectivity index (χ0n) is 10.4. The summed E-state index contributed by atoms with van der Waals surface area (Å²) in [6.45, 7) is 1.98. The second-order valence-corrected chi connectivity index (χ2v) is 7.72. The van der Waals surface area contributed by atoms with Gasteiger partial charge in [-0.2, -0.15) is 5.26 Å². The lowest BCUT2D eigenvalue weighted by Gasteiger charge is -2.04. The summed E-state index contributed by atoms with van der Waals surface area (Å²) >= 11 is 2.68. The molecule has 2 aromatic rings. The van der Waals surface area contributed by atoms with Crippen molar-refractivity contribution < 1.29 is 8.42 Å². The average molecular weight is 326 g/mol. The minimum atomic E-state index is -3.70. The van der Waals surface area contributed by atoms with E-state index in [4.69, 9.17) is 5.26 Å². The van der Waals surface area contributed by atoms with Gasteiger partial charge in [-0.3, -0.25) is 4.72 Å². The molecule has 0 bridgehead atoms. The van der Waals surface area contributed by atoms with Crippen LogP contribution >= 0.6 is 23.1 Å². The average Bonchev–Trinajstić information content (AvgIpc) is 2.86. The van der Waals surface area contributed by atoms with Gasteiger partial charge in [0.15, 0.2) is 4.34 Å². The van der Waals surface area contributed by atoms with Crippen LogP contribution in [0.1, 0.15) is 12.5 Å². The van der Waals surface area contributed by atoms with Crippen LogP contribution in [0.5, 0.6) is 0 Å². The lowest BCUT2D eigenvalue weighted by molar-refractivity contribution is 0.601. The van der Waals surface area contributed by atoms with Crippen LogP contribution in [0.4, 0.5) is 5.13 Å². The lowest BCUT2D eigenvalue weighted by Crippen LogP contribution is -2.12. The van der Waals surface area contributed by atoms with Crippen LogP contribution in [-0.4, -0.2) is 24.4 Å². The molecule has 2 rings (SSSR count). The van der Waals surface area contributed by atoms with Crippen molar-refractivity contribution >= 4 is 38.3 Å². The van der Waals surface area contributed by atoms with E-state index in [9.17, 15) is 8.42 Å². The van der Waals surface area contributed by atoms with Crippen molar-refractivity contribution in [1.82, 2.24) is 10.2 Å². The molecule has 0 amide bonds. The minimum absolute atomic E-state index is 0.0800. The van der Waals surface area contributed by atoms with E-state index in [-0.39, 0.29) is 10.0 Å². The van der Waals surface area contributed by atoms with Crippen molar-refractivity contribution in [3.8, 4) is 6.07 Å². The SMILES string of the molecule is CCSc1nnc(NS(=O)(=O)c2ccc(C#N)cc2)s1. The van der Waals surface area contributed by atoms with E-state index in [0.29, 0.717) is 9.90 Å². The van der Waals surface area contributed by atoms with Gasteiger partial charge in [-0.1, -0.05) is 30.0 Å². The first-order valence-corrected chi connectivity index (χ1v) is 8.83. The molecule has 9 heteroatoms. The van der Waals surface area contributed by atoms with Crippen LogP contribution < -0.4 is 4.72 Å². The maximum atomic E-state index is 12.1. The molecule has 0 aliphatic carbocycles. The molecule has 1 aromatic heterocycles. The van der Waals surface area contributed by atoms with Gasteiger partial charge in [0.25, 0.3) is 10.0 Å². The third-order valence-electron chi connectivity index (χ3n) is 2.19. The van der Waals surface area contributed by atoms with Crippen LogP contribution in [0.15, 0.2) is 33.5 Å². The van der Waals surface area contributed by atoms with Crippen molar-refractivity contribution in [1.29, 1.82) is 5.26 Å². The first-order valence-electron chi connectivity index (χ1n) is 5.54. The zero-order chi connectivity index (χ0) is 14.6. The van der Waals surface area contributed by atoms with Crippen LogP contribution in [0.2, 0.25) is 0 Å². The van der Waals surface area contributed by atoms with Gasteiger partial charge < -0.3 is 0 Å². The summed E-state index contributed by atoms with van der Waals surface area (Å²) in [7, 11) is -3.70. The molecule has 6 nitrogen and oxygen atoms in total. The Morgan fingerprint density at radius 3 is 2.65 bits per heavy atom. The summed E-state index contributed by atoms with van der Waals surface area (Å²) < 4.78 is 27.3. The topological polar surface area (TPSA) is 95.7 Å². The fourth-order valence-electron chi connectivity index (χ4n) is 1.32. The standard InChI is InChI=1S/C11H10N4O2S3/c1-2-18-11-14-13-10(19-11)15-20(16,17)9-5-3-8(7-12)4-6-9/h3-6H,2H2,1H3,(H,13,15). The van der Waals surface area contributed by atoms with Gasteiger partial charge in [0.05, 0.1) is 16.5 Å². The molecule has 0 saturated carbocycles. The fourth-order valence-corrected chi connectivity index (χ4v) is 4.19. The second kappa shape index (κ2) is 6.21. The maximum Gasteiger partial charge on any atom is 0.263 e. The number of thioether (sulfide) groups is 1. The molecular weight excluding hydrogens is 316 g/mol. The maximum absolute atomic E-state index is 12.1. The minimum Gasteiger partial charge on any atom is -0.253 e. The van der Waals surface area contributed by atoms with Crippen molar-refractivity contribution in [2.45, 2.75) is 16.2 Å². The first-order chi connectivity index (χ1) is 9.55.